The maximum Gasteiger partial charge on any atom is 0.396 e. The second kappa shape index (κ2) is 7.00. The van der Waals surface area contributed by atoms with Gasteiger partial charge in [0.1, 0.15) is 5.75 Å². The first-order valence-corrected chi connectivity index (χ1v) is 9.91. The van der Waals surface area contributed by atoms with Gasteiger partial charge in [0, 0.05) is 9.79 Å². The lowest BCUT2D eigenvalue weighted by atomic mass is 10.3. The topological polar surface area (TPSA) is 50.4 Å². The lowest BCUT2D eigenvalue weighted by Gasteiger charge is -2.09. The summed E-state index contributed by atoms with van der Waals surface area (Å²) in [5.41, 5.74) is 0.528. The fraction of sp³-hybridized carbons (Fsp3) is 0. The lowest BCUT2D eigenvalue weighted by molar-refractivity contribution is 0.461. The van der Waals surface area contributed by atoms with Crippen LogP contribution in [0.4, 0.5) is 0 Å². The van der Waals surface area contributed by atoms with Gasteiger partial charge in [-0.1, -0.05) is 71.3 Å². The average molecular weight is 385 g/mol. The van der Waals surface area contributed by atoms with Crippen molar-refractivity contribution in [3.05, 3.63) is 76.5 Å². The minimum atomic E-state index is -0.370. The van der Waals surface area contributed by atoms with Crippen LogP contribution < -0.4 is 4.94 Å². The summed E-state index contributed by atoms with van der Waals surface area (Å²) in [6.45, 7) is 0. The molecule has 6 heteroatoms. The Bertz CT molecular complexity index is 1070. The number of fused-ring (bicyclic) bond motifs is 1. The van der Waals surface area contributed by atoms with Crippen molar-refractivity contribution < 1.29 is 9.52 Å². The summed E-state index contributed by atoms with van der Waals surface area (Å²) in [4.78, 5) is 14.9. The molecule has 0 radical (unpaired) electrons. The Morgan fingerprint density at radius 3 is 2.12 bits per heavy atom. The van der Waals surface area contributed by atoms with Gasteiger partial charge in [0.05, 0.1) is 14.5 Å². The van der Waals surface area contributed by atoms with Crippen LogP contribution >= 0.6 is 34.9 Å². The van der Waals surface area contributed by atoms with Crippen LogP contribution in [0.3, 0.4) is 0 Å². The van der Waals surface area contributed by atoms with E-state index in [4.69, 9.17) is 4.42 Å². The molecule has 0 fully saturated rings. The molecule has 0 saturated heterocycles. The van der Waals surface area contributed by atoms with E-state index in [1.165, 1.54) is 23.5 Å². The van der Waals surface area contributed by atoms with Gasteiger partial charge in [0.25, 0.3) is 0 Å². The van der Waals surface area contributed by atoms with Crippen LogP contribution in [0.2, 0.25) is 0 Å². The summed E-state index contributed by atoms with van der Waals surface area (Å²) in [7, 11) is 0. The Hall–Kier alpha value is -2.15. The van der Waals surface area contributed by atoms with Crippen LogP contribution in [0.5, 0.6) is 5.75 Å². The molecule has 3 nitrogen and oxygen atoms in total. The largest absolute Gasteiger partial charge is 0.507 e. The van der Waals surface area contributed by atoms with Gasteiger partial charge in [-0.05, 0) is 30.3 Å². The normalized spacial score (nSPS) is 11.0. The fourth-order valence-corrected chi connectivity index (χ4v) is 5.24. The predicted molar refractivity (Wildman–Crippen MR) is 103 cm³/mol. The molecule has 3 aromatic carbocycles. The van der Waals surface area contributed by atoms with E-state index in [0.717, 1.165) is 26.0 Å². The van der Waals surface area contributed by atoms with Crippen molar-refractivity contribution in [3.8, 4) is 5.75 Å². The summed E-state index contributed by atoms with van der Waals surface area (Å²) in [5.74, 6) is 0.150. The standard InChI is InChI=1S/C19H12O3S3/c20-14-11-15(23-12-7-3-1-4-8-12)16-18(25-19(21)22-16)17(14)24-13-9-5-2-6-10-13/h1-11,20H. The minimum Gasteiger partial charge on any atom is -0.507 e. The molecule has 0 atom stereocenters. The number of benzene rings is 3. The average Bonchev–Trinajstić information content (AvgIpc) is 3.02. The van der Waals surface area contributed by atoms with Crippen molar-refractivity contribution in [2.75, 3.05) is 0 Å². The van der Waals surface area contributed by atoms with E-state index < -0.39 is 0 Å². The molecule has 0 unspecified atom stereocenters. The molecule has 1 N–H and O–H groups in total. The molecule has 1 heterocycles. The summed E-state index contributed by atoms with van der Waals surface area (Å²) in [6, 6.07) is 21.2. The molecule has 0 aliphatic heterocycles. The van der Waals surface area contributed by atoms with E-state index in [0.29, 0.717) is 15.2 Å². The van der Waals surface area contributed by atoms with Gasteiger partial charge in [-0.2, -0.15) is 0 Å². The maximum absolute atomic E-state index is 11.9. The first-order valence-electron chi connectivity index (χ1n) is 7.46. The minimum absolute atomic E-state index is 0.150. The first kappa shape index (κ1) is 16.3. The Morgan fingerprint density at radius 2 is 1.48 bits per heavy atom. The number of hydrogen-bond acceptors (Lipinski definition) is 6. The van der Waals surface area contributed by atoms with E-state index >= 15 is 0 Å². The second-order valence-electron chi connectivity index (χ2n) is 5.17. The Morgan fingerprint density at radius 1 is 0.880 bits per heavy atom. The van der Waals surface area contributed by atoms with E-state index in [2.05, 4.69) is 0 Å². The molecular weight excluding hydrogens is 372 g/mol. The zero-order valence-electron chi connectivity index (χ0n) is 12.8. The zero-order valence-corrected chi connectivity index (χ0v) is 15.3. The number of aromatic hydroxyl groups is 1. The van der Waals surface area contributed by atoms with Gasteiger partial charge < -0.3 is 9.52 Å². The third-order valence-corrected chi connectivity index (χ3v) is 6.57. The molecule has 1 aromatic heterocycles. The molecule has 0 amide bonds. The molecule has 124 valence electrons. The van der Waals surface area contributed by atoms with Gasteiger partial charge in [-0.3, -0.25) is 0 Å². The third kappa shape index (κ3) is 3.46. The first-order chi connectivity index (χ1) is 12.2. The second-order valence-corrected chi connectivity index (χ2v) is 8.31. The van der Waals surface area contributed by atoms with E-state index in [1.54, 1.807) is 6.07 Å². The Balaban J connectivity index is 1.82. The van der Waals surface area contributed by atoms with Crippen LogP contribution in [0.15, 0.2) is 95.5 Å². The molecule has 0 saturated carbocycles. The highest BCUT2D eigenvalue weighted by Crippen LogP contribution is 2.46. The van der Waals surface area contributed by atoms with Gasteiger partial charge in [-0.25, -0.2) is 4.79 Å². The number of phenolic OH excluding ortho intramolecular Hbond substituents is 1. The molecule has 0 spiro atoms. The van der Waals surface area contributed by atoms with Crippen molar-refractivity contribution in [2.45, 2.75) is 19.6 Å². The quantitative estimate of drug-likeness (QED) is 0.477. The summed E-state index contributed by atoms with van der Waals surface area (Å²) < 4.78 is 6.10. The monoisotopic (exact) mass is 384 g/mol. The van der Waals surface area contributed by atoms with Gasteiger partial charge in [0.15, 0.2) is 5.58 Å². The molecule has 0 bridgehead atoms. The van der Waals surface area contributed by atoms with Crippen molar-refractivity contribution in [2.24, 2.45) is 0 Å². The number of hydrogen-bond donors (Lipinski definition) is 1. The summed E-state index contributed by atoms with van der Waals surface area (Å²) in [5, 5.41) is 10.6. The van der Waals surface area contributed by atoms with Crippen molar-refractivity contribution in [1.82, 2.24) is 0 Å². The molecule has 4 aromatic rings. The fourth-order valence-electron chi connectivity index (χ4n) is 2.36. The van der Waals surface area contributed by atoms with Crippen LogP contribution in [0.25, 0.3) is 10.3 Å². The molecule has 0 aliphatic rings. The van der Waals surface area contributed by atoms with Crippen LogP contribution in [-0.4, -0.2) is 5.11 Å². The van der Waals surface area contributed by atoms with Crippen molar-refractivity contribution in [3.63, 3.8) is 0 Å². The number of rotatable bonds is 4. The predicted octanol–water partition coefficient (Wildman–Crippen LogP) is 5.86. The molecule has 4 rings (SSSR count). The summed E-state index contributed by atoms with van der Waals surface area (Å²) in [6.07, 6.45) is 0. The highest BCUT2D eigenvalue weighted by atomic mass is 32.2. The van der Waals surface area contributed by atoms with Gasteiger partial charge >= 0.3 is 4.94 Å². The zero-order chi connectivity index (χ0) is 17.2. The SMILES string of the molecule is O=c1oc2c(Sc3ccccc3)cc(O)c(Sc3ccccc3)c2s1. The van der Waals surface area contributed by atoms with Crippen LogP contribution in [0, 0.1) is 0 Å². The highest BCUT2D eigenvalue weighted by molar-refractivity contribution is 8.00. The van der Waals surface area contributed by atoms with E-state index in [1.807, 2.05) is 60.7 Å². The Kier molecular flexibility index (Phi) is 4.57. The van der Waals surface area contributed by atoms with Crippen molar-refractivity contribution >= 4 is 45.1 Å². The van der Waals surface area contributed by atoms with Gasteiger partial charge in [0.2, 0.25) is 0 Å². The Labute approximate surface area is 156 Å². The maximum atomic E-state index is 11.9. The highest BCUT2D eigenvalue weighted by Gasteiger charge is 2.19. The van der Waals surface area contributed by atoms with Crippen LogP contribution in [-0.2, 0) is 0 Å². The van der Waals surface area contributed by atoms with E-state index in [9.17, 15) is 9.90 Å². The molecule has 25 heavy (non-hydrogen) atoms. The smallest absolute Gasteiger partial charge is 0.396 e. The van der Waals surface area contributed by atoms with Gasteiger partial charge in [-0.15, -0.1) is 0 Å². The third-order valence-electron chi connectivity index (χ3n) is 3.44. The number of phenols is 1. The van der Waals surface area contributed by atoms with Crippen molar-refractivity contribution in [1.29, 1.82) is 0 Å². The van der Waals surface area contributed by atoms with E-state index in [-0.39, 0.29) is 10.7 Å². The van der Waals surface area contributed by atoms with Crippen LogP contribution in [0.1, 0.15) is 0 Å². The summed E-state index contributed by atoms with van der Waals surface area (Å²) >= 11 is 3.91. The molecule has 0 aliphatic carbocycles. The lowest BCUT2D eigenvalue weighted by Crippen LogP contribution is -1.82. The molecular formula is C19H12O3S3.